The highest BCUT2D eigenvalue weighted by atomic mass is 15.4. The monoisotopic (exact) mass is 381 g/mol. The zero-order chi connectivity index (χ0) is 19.3. The van der Waals surface area contributed by atoms with Gasteiger partial charge in [-0.25, -0.2) is 9.67 Å². The van der Waals surface area contributed by atoms with Crippen molar-refractivity contribution in [1.29, 1.82) is 0 Å². The predicted octanol–water partition coefficient (Wildman–Crippen LogP) is 3.71. The van der Waals surface area contributed by atoms with Crippen molar-refractivity contribution >= 4 is 0 Å². The summed E-state index contributed by atoms with van der Waals surface area (Å²) >= 11 is 0. The number of likely N-dealkylation sites (tertiary alicyclic amines) is 1. The average Bonchev–Trinajstić information content (AvgIpc) is 3.14. The minimum atomic E-state index is 0.376. The molecule has 5 heteroatoms. The van der Waals surface area contributed by atoms with Crippen molar-refractivity contribution in [2.24, 2.45) is 5.73 Å². The molecule has 0 unspecified atom stereocenters. The molecule has 0 amide bonds. The molecule has 2 aromatic rings. The third-order valence-corrected chi connectivity index (χ3v) is 6.58. The number of benzene rings is 1. The highest BCUT2D eigenvalue weighted by Gasteiger charge is 2.29. The fraction of sp³-hybridized carbons (Fsp3) is 0.652. The molecule has 1 aromatic heterocycles. The third-order valence-electron chi connectivity index (χ3n) is 6.58. The molecule has 1 saturated carbocycles. The van der Waals surface area contributed by atoms with Crippen molar-refractivity contribution in [1.82, 2.24) is 19.7 Å². The number of nitrogens with zero attached hydrogens (tertiary/aromatic N) is 4. The van der Waals surface area contributed by atoms with Crippen molar-refractivity contribution in [3.63, 3.8) is 0 Å². The largest absolute Gasteiger partial charge is 0.328 e. The normalized spacial score (nSPS) is 24.5. The van der Waals surface area contributed by atoms with Crippen LogP contribution in [0.1, 0.15) is 74.1 Å². The molecule has 1 saturated heterocycles. The lowest BCUT2D eigenvalue weighted by molar-refractivity contribution is 0.205. The van der Waals surface area contributed by atoms with Crippen LogP contribution in [0.3, 0.4) is 0 Å². The molecule has 0 bridgehead atoms. The van der Waals surface area contributed by atoms with Crippen LogP contribution in [0, 0.1) is 0 Å². The van der Waals surface area contributed by atoms with Gasteiger partial charge in [0.2, 0.25) is 0 Å². The summed E-state index contributed by atoms with van der Waals surface area (Å²) in [6.07, 6.45) is 10.1. The Hall–Kier alpha value is -1.72. The molecule has 2 N–H and O–H groups in total. The topological polar surface area (TPSA) is 60.0 Å². The van der Waals surface area contributed by atoms with E-state index in [1.54, 1.807) is 0 Å². The lowest BCUT2D eigenvalue weighted by Gasteiger charge is -2.32. The van der Waals surface area contributed by atoms with Crippen LogP contribution in [0.15, 0.2) is 30.3 Å². The number of rotatable bonds is 6. The highest BCUT2D eigenvalue weighted by molar-refractivity contribution is 5.15. The van der Waals surface area contributed by atoms with Crippen LogP contribution in [0.25, 0.3) is 0 Å². The van der Waals surface area contributed by atoms with Gasteiger partial charge in [0.1, 0.15) is 5.82 Å². The highest BCUT2D eigenvalue weighted by Crippen LogP contribution is 2.34. The first-order valence-corrected chi connectivity index (χ1v) is 11.1. The Balaban J connectivity index is 1.46. The van der Waals surface area contributed by atoms with E-state index >= 15 is 0 Å². The van der Waals surface area contributed by atoms with E-state index in [1.807, 2.05) is 0 Å². The maximum atomic E-state index is 6.15. The van der Waals surface area contributed by atoms with Crippen LogP contribution < -0.4 is 5.73 Å². The van der Waals surface area contributed by atoms with E-state index in [0.29, 0.717) is 18.0 Å². The molecule has 0 atom stereocenters. The molecule has 1 aliphatic heterocycles. The minimum absolute atomic E-state index is 0.376. The first kappa shape index (κ1) is 19.6. The Bertz CT molecular complexity index is 685. The number of nitrogens with two attached hydrogens (primary N) is 1. The molecule has 1 aromatic carbocycles. The van der Waals surface area contributed by atoms with Crippen molar-refractivity contribution in [2.75, 3.05) is 20.1 Å². The van der Waals surface area contributed by atoms with Gasteiger partial charge in [0, 0.05) is 18.4 Å². The Kier molecular flexibility index (Phi) is 6.43. The van der Waals surface area contributed by atoms with Crippen LogP contribution in [0.5, 0.6) is 0 Å². The van der Waals surface area contributed by atoms with Gasteiger partial charge in [0.15, 0.2) is 5.82 Å². The summed E-state index contributed by atoms with van der Waals surface area (Å²) in [4.78, 5) is 7.51. The molecule has 0 radical (unpaired) electrons. The van der Waals surface area contributed by atoms with Crippen molar-refractivity contribution < 1.29 is 0 Å². The van der Waals surface area contributed by atoms with Crippen molar-refractivity contribution in [3.8, 4) is 0 Å². The van der Waals surface area contributed by atoms with Gasteiger partial charge < -0.3 is 10.6 Å². The molecular formula is C23H35N5. The quantitative estimate of drug-likeness (QED) is 0.829. The van der Waals surface area contributed by atoms with Gasteiger partial charge in [0.25, 0.3) is 0 Å². The van der Waals surface area contributed by atoms with E-state index in [4.69, 9.17) is 15.8 Å². The maximum absolute atomic E-state index is 6.15. The fourth-order valence-electron chi connectivity index (χ4n) is 4.75. The maximum Gasteiger partial charge on any atom is 0.150 e. The van der Waals surface area contributed by atoms with Crippen LogP contribution in [-0.4, -0.2) is 45.8 Å². The molecular weight excluding hydrogens is 346 g/mol. The summed E-state index contributed by atoms with van der Waals surface area (Å²) in [5, 5.41) is 5.04. The summed E-state index contributed by atoms with van der Waals surface area (Å²) in [5.41, 5.74) is 7.55. The summed E-state index contributed by atoms with van der Waals surface area (Å²) in [7, 11) is 2.22. The Morgan fingerprint density at radius 2 is 1.68 bits per heavy atom. The van der Waals surface area contributed by atoms with Crippen LogP contribution in [0.2, 0.25) is 0 Å². The lowest BCUT2D eigenvalue weighted by atomic mass is 9.85. The van der Waals surface area contributed by atoms with Crippen LogP contribution in [-0.2, 0) is 12.8 Å². The van der Waals surface area contributed by atoms with Gasteiger partial charge in [-0.05, 0) is 77.1 Å². The predicted molar refractivity (Wildman–Crippen MR) is 113 cm³/mol. The molecule has 2 fully saturated rings. The summed E-state index contributed by atoms with van der Waals surface area (Å²) in [6.45, 7) is 2.31. The van der Waals surface area contributed by atoms with E-state index in [0.717, 1.165) is 63.9 Å². The van der Waals surface area contributed by atoms with Gasteiger partial charge in [-0.3, -0.25) is 0 Å². The second kappa shape index (κ2) is 9.19. The number of aromatic nitrogens is 3. The van der Waals surface area contributed by atoms with E-state index in [2.05, 4.69) is 47.0 Å². The average molecular weight is 382 g/mol. The number of hydrogen-bond donors (Lipinski definition) is 1. The van der Waals surface area contributed by atoms with Crippen molar-refractivity contribution in [2.45, 2.75) is 75.8 Å². The van der Waals surface area contributed by atoms with Gasteiger partial charge in [-0.15, -0.1) is 0 Å². The first-order chi connectivity index (χ1) is 13.7. The van der Waals surface area contributed by atoms with Crippen LogP contribution >= 0.6 is 0 Å². The third kappa shape index (κ3) is 4.81. The number of hydrogen-bond acceptors (Lipinski definition) is 4. The molecule has 2 aliphatic rings. The fourth-order valence-corrected chi connectivity index (χ4v) is 4.75. The summed E-state index contributed by atoms with van der Waals surface area (Å²) < 4.78 is 2.33. The smallest absolute Gasteiger partial charge is 0.150 e. The Morgan fingerprint density at radius 1 is 0.964 bits per heavy atom. The Morgan fingerprint density at radius 3 is 2.39 bits per heavy atom. The second-order valence-electron chi connectivity index (χ2n) is 8.82. The van der Waals surface area contributed by atoms with Crippen LogP contribution in [0.4, 0.5) is 0 Å². The molecule has 5 nitrogen and oxygen atoms in total. The van der Waals surface area contributed by atoms with Gasteiger partial charge in [-0.1, -0.05) is 30.3 Å². The molecule has 4 rings (SSSR count). The minimum Gasteiger partial charge on any atom is -0.328 e. The second-order valence-corrected chi connectivity index (χ2v) is 8.82. The van der Waals surface area contributed by atoms with E-state index in [-0.39, 0.29) is 0 Å². The Labute approximate surface area is 169 Å². The summed E-state index contributed by atoms with van der Waals surface area (Å²) in [5.74, 6) is 2.82. The van der Waals surface area contributed by atoms with Gasteiger partial charge in [-0.2, -0.15) is 5.10 Å². The molecule has 28 heavy (non-hydrogen) atoms. The zero-order valence-electron chi connectivity index (χ0n) is 17.3. The van der Waals surface area contributed by atoms with Gasteiger partial charge in [0.05, 0.1) is 6.04 Å². The summed E-state index contributed by atoms with van der Waals surface area (Å²) in [6, 6.07) is 11.6. The van der Waals surface area contributed by atoms with E-state index < -0.39 is 0 Å². The lowest BCUT2D eigenvalue weighted by Crippen LogP contribution is -2.33. The molecule has 1 aliphatic carbocycles. The zero-order valence-corrected chi connectivity index (χ0v) is 17.3. The van der Waals surface area contributed by atoms with Crippen molar-refractivity contribution in [3.05, 3.63) is 47.5 Å². The van der Waals surface area contributed by atoms with E-state index in [9.17, 15) is 0 Å². The number of aryl methyl sites for hydroxylation is 2. The molecule has 0 spiro atoms. The van der Waals surface area contributed by atoms with Gasteiger partial charge >= 0.3 is 0 Å². The number of piperidine rings is 1. The first-order valence-electron chi connectivity index (χ1n) is 11.1. The SMILES string of the molecule is CN1CCC(n2nc(CCCc3ccccc3)nc2C2CCC(N)CC2)CC1. The standard InChI is InChI=1S/C23H35N5/c1-27-16-14-21(15-17-27)28-23(19-10-12-20(24)13-11-19)25-22(26-28)9-5-8-18-6-3-2-4-7-18/h2-4,6-7,19-21H,5,8-17,24H2,1H3. The molecule has 2 heterocycles. The molecule has 152 valence electrons. The van der Waals surface area contributed by atoms with E-state index in [1.165, 1.54) is 24.2 Å².